The van der Waals surface area contributed by atoms with Gasteiger partial charge in [0.2, 0.25) is 0 Å². The van der Waals surface area contributed by atoms with E-state index in [-0.39, 0.29) is 134 Å². The molecule has 0 aliphatic carbocycles. The van der Waals surface area contributed by atoms with Crippen molar-refractivity contribution in [1.82, 2.24) is 0 Å². The van der Waals surface area contributed by atoms with Crippen LogP contribution in [0.3, 0.4) is 0 Å². The molecule has 10 rings (SSSR count). The van der Waals surface area contributed by atoms with Crippen molar-refractivity contribution in [2.45, 2.75) is 162 Å². The van der Waals surface area contributed by atoms with Crippen molar-refractivity contribution < 1.29 is 198 Å². The third kappa shape index (κ3) is 20.6. The zero-order valence-corrected chi connectivity index (χ0v) is 63.7. The zero-order valence-electron chi connectivity index (χ0n) is 54.2. The van der Waals surface area contributed by atoms with Crippen molar-refractivity contribution in [3.05, 3.63) is 215 Å². The number of aliphatic hydroxyl groups excluding tert-OH is 3. The molecule has 4 fully saturated rings. The van der Waals surface area contributed by atoms with Gasteiger partial charge in [-0.3, -0.25) is 0 Å². The Labute approximate surface area is 630 Å². The Morgan fingerprint density at radius 1 is 0.344 bits per heavy atom. The largest absolute Gasteiger partial charge is 0.459 e. The number of aliphatic hydroxyl groups is 3. The molecule has 4 heterocycles. The molecule has 0 aromatic heterocycles. The zero-order chi connectivity index (χ0) is 65.8. The number of carbonyl (C=O) groups excluding carboxylic acids is 2. The predicted molar refractivity (Wildman–Crippen MR) is 332 cm³/mol. The van der Waals surface area contributed by atoms with Gasteiger partial charge in [0.15, 0.2) is 37.4 Å². The first-order valence-corrected chi connectivity index (χ1v) is 31.2. The molecule has 96 heavy (non-hydrogen) atoms. The van der Waals surface area contributed by atoms with Crippen LogP contribution >= 0.6 is 0 Å². The van der Waals surface area contributed by atoms with Crippen LogP contribution in [0.4, 0.5) is 0 Å². The Hall–Kier alpha value is -3.62. The maximum atomic E-state index is 15.2. The van der Waals surface area contributed by atoms with Crippen LogP contribution in [-0.4, -0.2) is 199 Å². The fourth-order valence-electron chi connectivity index (χ4n) is 11.9. The normalized spacial score (nSPS) is 30.5. The molecule has 4 saturated heterocycles. The summed E-state index contributed by atoms with van der Waals surface area (Å²) in [6, 6.07) is 55.8. The average molecular weight is 1760 g/mol. The second kappa shape index (κ2) is 40.1. The standard InChI is InChI=1S/C71H84O23.2Ac/c1-77-56-53(74)57(66(75)86-41-48-32-20-10-21-33-48)92-70(63(56)79-3)90-54-50(36-72)88-69(58(52(54)73)83-38-45-26-14-7-15-27-45)93-61-59(78-2)64(80-4)71(94-62(61)67(76)87-42-49-34-22-11-23-35-49)91-55-51(43-82-37-44-24-12-6-13-25-44)89-68(81-5)65(85-40-47-30-18-9-19-31-47)60(55)84-39-46-28-16-8-17-29-46;;/h6-35,50-65,68-74H,36-43H2,1-5H3;;/t50-,51?,52?,53-,54+,55+,56-,57?,58?,59?,60-,61-,62+,63?,64?,65?,68-,69+,70+,71-;;/m0../s1. The number of hydrogen-bond donors (Lipinski definition) is 3. The van der Waals surface area contributed by atoms with Crippen molar-refractivity contribution in [2.24, 2.45) is 0 Å². The molecule has 23 nitrogen and oxygen atoms in total. The average Bonchev–Trinajstić information content (AvgIpc) is 0.771. The maximum absolute atomic E-state index is 15.2. The molecule has 6 aromatic rings. The fraction of sp³-hybridized carbons (Fsp3) is 0.465. The molecule has 0 saturated carbocycles. The van der Waals surface area contributed by atoms with Gasteiger partial charge in [-0.25, -0.2) is 9.59 Å². The number of hydrogen-bond acceptors (Lipinski definition) is 23. The van der Waals surface area contributed by atoms with Crippen LogP contribution in [0.2, 0.25) is 0 Å². The molecule has 2 radical (unpaired) electrons. The van der Waals surface area contributed by atoms with E-state index in [0.717, 1.165) is 16.7 Å². The van der Waals surface area contributed by atoms with E-state index in [0.29, 0.717) is 16.7 Å². The van der Waals surface area contributed by atoms with E-state index in [2.05, 4.69) is 0 Å². The Morgan fingerprint density at radius 2 is 0.708 bits per heavy atom. The minimum atomic E-state index is -1.77. The second-order valence-corrected chi connectivity index (χ2v) is 22.9. The first kappa shape index (κ1) is 78.1. The van der Waals surface area contributed by atoms with Crippen LogP contribution in [0.5, 0.6) is 0 Å². The van der Waals surface area contributed by atoms with Crippen molar-refractivity contribution in [3.63, 3.8) is 0 Å². The van der Waals surface area contributed by atoms with Gasteiger partial charge in [0, 0.05) is 124 Å². The SMILES string of the molecule is COC1C(OC)[C@H](O[C@H]2O[C@@H](CO)[C@@H](O[C@@H]3OC(C(=O)OCc4ccccc4)[C@@H](O)[C@H](OC)C3OC)C(O)C2OCc2ccccc2)[C@H](C(=O)OCc2ccccc2)O[C@@H]1O[C@@H]1C(COCc2ccccc2)O[C@H](OC)C(OCc2ccccc2)[C@H]1OCc1ccccc1.[Ac].[Ac]. The summed E-state index contributed by atoms with van der Waals surface area (Å²) in [5.74, 6) is -1.86. The first-order valence-electron chi connectivity index (χ1n) is 31.2. The summed E-state index contributed by atoms with van der Waals surface area (Å²) in [7, 11) is 6.94. The minimum absolute atomic E-state index is 0. The first-order chi connectivity index (χ1) is 46.0. The van der Waals surface area contributed by atoms with Crippen LogP contribution in [0.15, 0.2) is 182 Å². The molecule has 20 atom stereocenters. The Balaban J connectivity index is 0.00000589. The maximum Gasteiger partial charge on any atom is 0.338 e. The van der Waals surface area contributed by atoms with Crippen LogP contribution in [-0.2, 0) is 134 Å². The summed E-state index contributed by atoms with van der Waals surface area (Å²) in [6.45, 7) is -0.888. The van der Waals surface area contributed by atoms with E-state index in [1.165, 1.54) is 35.5 Å². The number of ether oxygens (including phenoxy) is 18. The van der Waals surface area contributed by atoms with Gasteiger partial charge in [0.05, 0.1) is 39.6 Å². The number of rotatable bonds is 31. The number of carbonyl (C=O) groups is 2. The smallest absolute Gasteiger partial charge is 0.338 e. The van der Waals surface area contributed by atoms with E-state index in [4.69, 9.17) is 85.3 Å². The molecular formula is C71H84Ac2O23. The summed E-state index contributed by atoms with van der Waals surface area (Å²) in [6.07, 6.45) is -27.7. The summed E-state index contributed by atoms with van der Waals surface area (Å²) in [4.78, 5) is 28.9. The number of methoxy groups -OCH3 is 5. The van der Waals surface area contributed by atoms with Crippen molar-refractivity contribution in [1.29, 1.82) is 0 Å². The van der Waals surface area contributed by atoms with Crippen LogP contribution in [0.1, 0.15) is 33.4 Å². The van der Waals surface area contributed by atoms with E-state index >= 15 is 4.79 Å². The van der Waals surface area contributed by atoms with Gasteiger partial charge in [-0.15, -0.1) is 0 Å². The van der Waals surface area contributed by atoms with Gasteiger partial charge in [-0.1, -0.05) is 182 Å². The third-order valence-corrected chi connectivity index (χ3v) is 16.8. The number of benzene rings is 6. The Morgan fingerprint density at radius 3 is 1.16 bits per heavy atom. The van der Waals surface area contributed by atoms with Gasteiger partial charge in [-0.2, -0.15) is 0 Å². The van der Waals surface area contributed by atoms with E-state index < -0.39 is 141 Å². The van der Waals surface area contributed by atoms with Gasteiger partial charge in [-0.05, 0) is 33.4 Å². The van der Waals surface area contributed by atoms with Crippen LogP contribution in [0, 0.1) is 88.1 Å². The van der Waals surface area contributed by atoms with E-state index in [9.17, 15) is 20.1 Å². The van der Waals surface area contributed by atoms with Crippen molar-refractivity contribution in [2.75, 3.05) is 48.8 Å². The van der Waals surface area contributed by atoms with E-state index in [1.54, 1.807) is 48.5 Å². The minimum Gasteiger partial charge on any atom is -0.459 e. The molecular weight excluding hydrogens is 1670 g/mol. The monoisotopic (exact) mass is 1760 g/mol. The van der Waals surface area contributed by atoms with Crippen LogP contribution in [0.25, 0.3) is 0 Å². The van der Waals surface area contributed by atoms with Crippen LogP contribution < -0.4 is 0 Å². The van der Waals surface area contributed by atoms with Crippen molar-refractivity contribution >= 4 is 11.9 Å². The van der Waals surface area contributed by atoms with Gasteiger partial charge < -0.3 is 101 Å². The van der Waals surface area contributed by atoms with E-state index in [1.807, 2.05) is 133 Å². The quantitative estimate of drug-likeness (QED) is 0.0427. The number of esters is 2. The molecule has 3 N–H and O–H groups in total. The second-order valence-electron chi connectivity index (χ2n) is 22.9. The predicted octanol–water partition coefficient (Wildman–Crippen LogP) is 5.92. The Kier molecular flexibility index (Phi) is 32.7. The van der Waals surface area contributed by atoms with Gasteiger partial charge in [0.25, 0.3) is 0 Å². The molecule has 4 aliphatic rings. The van der Waals surface area contributed by atoms with Gasteiger partial charge in [0.1, 0.15) is 98.7 Å². The molecule has 0 bridgehead atoms. The molecule has 512 valence electrons. The molecule has 0 spiro atoms. The molecule has 8 unspecified atom stereocenters. The summed E-state index contributed by atoms with van der Waals surface area (Å²) in [5.41, 5.74) is 4.64. The Bertz CT molecular complexity index is 3160. The third-order valence-electron chi connectivity index (χ3n) is 16.8. The molecule has 0 amide bonds. The topological polar surface area (TPSA) is 261 Å². The molecule has 25 heteroatoms. The summed E-state index contributed by atoms with van der Waals surface area (Å²) in [5, 5.41) is 35.6. The van der Waals surface area contributed by atoms with Gasteiger partial charge >= 0.3 is 11.9 Å². The summed E-state index contributed by atoms with van der Waals surface area (Å²) >= 11 is 0. The molecule has 4 aliphatic heterocycles. The molecule has 6 aromatic carbocycles. The summed E-state index contributed by atoms with van der Waals surface area (Å²) < 4.78 is 116. The fourth-order valence-corrected chi connectivity index (χ4v) is 11.9. The van der Waals surface area contributed by atoms with Crippen molar-refractivity contribution in [3.8, 4) is 0 Å².